The molecule has 0 bridgehead atoms. The molecule has 1 aliphatic heterocycles. The third kappa shape index (κ3) is 2.36. The third-order valence-corrected chi connectivity index (χ3v) is 7.53. The highest BCUT2D eigenvalue weighted by Crippen LogP contribution is 2.48. The Bertz CT molecular complexity index is 740. The number of sulfone groups is 1. The number of nitrogens with one attached hydrogen (secondary N) is 2. The summed E-state index contributed by atoms with van der Waals surface area (Å²) in [6.45, 7) is 4.88. The van der Waals surface area contributed by atoms with Gasteiger partial charge in [0.15, 0.2) is 21.3 Å². The molecule has 4 N–H and O–H groups in total. The van der Waals surface area contributed by atoms with Gasteiger partial charge in [0.25, 0.3) is 0 Å². The minimum absolute atomic E-state index is 0.400. The lowest BCUT2D eigenvalue weighted by Gasteiger charge is -2.50. The Morgan fingerprint density at radius 3 is 2.30 bits per heavy atom. The van der Waals surface area contributed by atoms with Gasteiger partial charge in [-0.15, -0.1) is 0 Å². The number of rotatable bonds is 1. The average molecular weight is 351 g/mol. The fourth-order valence-electron chi connectivity index (χ4n) is 3.13. The van der Waals surface area contributed by atoms with E-state index in [9.17, 15) is 17.2 Å². The molecular weight excluding hydrogens is 331 g/mol. The number of hydrogen-bond donors (Lipinski definition) is 3. The lowest BCUT2D eigenvalue weighted by atomic mass is 9.71. The summed E-state index contributed by atoms with van der Waals surface area (Å²) in [5.41, 5.74) is 0.706. The molecule has 0 aromatic rings. The number of amidine groups is 1. The van der Waals surface area contributed by atoms with Gasteiger partial charge in [0.1, 0.15) is 16.4 Å². The van der Waals surface area contributed by atoms with E-state index in [0.29, 0.717) is 6.08 Å². The van der Waals surface area contributed by atoms with Crippen LogP contribution in [0.15, 0.2) is 23.4 Å². The van der Waals surface area contributed by atoms with Crippen molar-refractivity contribution in [1.29, 1.82) is 5.41 Å². The molecule has 2 aliphatic rings. The van der Waals surface area contributed by atoms with E-state index in [4.69, 9.17) is 11.1 Å². The van der Waals surface area contributed by atoms with Gasteiger partial charge in [-0.1, -0.05) is 0 Å². The van der Waals surface area contributed by atoms with Gasteiger partial charge >= 0.3 is 0 Å². The maximum atomic E-state index is 15.0. The van der Waals surface area contributed by atoms with Crippen LogP contribution in [-0.2, 0) is 9.84 Å². The van der Waals surface area contributed by atoms with Crippen LogP contribution in [-0.4, -0.2) is 36.0 Å². The average Bonchev–Trinajstić information content (AvgIpc) is 2.33. The second-order valence-electron chi connectivity index (χ2n) is 6.99. The molecule has 1 saturated heterocycles. The number of nitrogens with two attached hydrogens (primary N) is 1. The summed E-state index contributed by atoms with van der Waals surface area (Å²) in [4.78, 5) is 0. The van der Waals surface area contributed by atoms with E-state index in [0.717, 1.165) is 6.92 Å². The minimum Gasteiger partial charge on any atom is -0.399 e. The standard InChI is InChI=1S/C14H20F3N3O2S/c1-12(2)11(19)20-13(3,6-23(12,21)22)10-9(16)7(15)5-8(18)14(10,4)17/h5,10H,6,18H2,1-4H3,(H2,19,20)/t10?,13-,14?/m0/s1. The van der Waals surface area contributed by atoms with Crippen molar-refractivity contribution >= 4 is 15.7 Å². The highest BCUT2D eigenvalue weighted by molar-refractivity contribution is 7.93. The maximum absolute atomic E-state index is 15.0. The molecule has 0 aromatic carbocycles. The fraction of sp³-hybridized carbons (Fsp3) is 0.643. The quantitative estimate of drug-likeness (QED) is 0.672. The lowest BCUT2D eigenvalue weighted by molar-refractivity contribution is 0.0820. The molecule has 9 heteroatoms. The first-order chi connectivity index (χ1) is 10.2. The Morgan fingerprint density at radius 1 is 1.30 bits per heavy atom. The highest BCUT2D eigenvalue weighted by Gasteiger charge is 2.60. The summed E-state index contributed by atoms with van der Waals surface area (Å²) in [5.74, 6) is -5.62. The van der Waals surface area contributed by atoms with Crippen LogP contribution in [0.25, 0.3) is 0 Å². The SMILES string of the molecule is CC1(F)C(N)=CC(F)=C(F)C1[C@]1(C)CS(=O)(=O)C(C)(C)C(=N)N1. The van der Waals surface area contributed by atoms with Gasteiger partial charge in [-0.3, -0.25) is 5.41 Å². The smallest absolute Gasteiger partial charge is 0.164 e. The van der Waals surface area contributed by atoms with Crippen molar-refractivity contribution in [3.05, 3.63) is 23.4 Å². The van der Waals surface area contributed by atoms with Gasteiger partial charge in [0.2, 0.25) is 0 Å². The molecule has 23 heavy (non-hydrogen) atoms. The molecule has 3 atom stereocenters. The van der Waals surface area contributed by atoms with Crippen LogP contribution in [0.1, 0.15) is 27.7 Å². The van der Waals surface area contributed by atoms with Crippen LogP contribution >= 0.6 is 0 Å². The van der Waals surface area contributed by atoms with Gasteiger partial charge in [-0.25, -0.2) is 21.6 Å². The molecule has 1 fully saturated rings. The molecular formula is C14H20F3N3O2S. The Hall–Kier alpha value is -1.51. The first-order valence-electron chi connectivity index (χ1n) is 6.98. The van der Waals surface area contributed by atoms with Crippen LogP contribution in [0.2, 0.25) is 0 Å². The molecule has 2 unspecified atom stereocenters. The molecule has 2 rings (SSSR count). The van der Waals surface area contributed by atoms with Crippen LogP contribution in [0.3, 0.4) is 0 Å². The van der Waals surface area contributed by atoms with Crippen molar-refractivity contribution in [2.75, 3.05) is 5.75 Å². The van der Waals surface area contributed by atoms with Crippen LogP contribution in [0, 0.1) is 11.3 Å². The Kier molecular flexibility index (Phi) is 3.68. The number of alkyl halides is 1. The van der Waals surface area contributed by atoms with E-state index < -0.39 is 60.6 Å². The van der Waals surface area contributed by atoms with Gasteiger partial charge in [0.05, 0.1) is 17.2 Å². The van der Waals surface area contributed by atoms with Crippen molar-refractivity contribution in [3.8, 4) is 0 Å². The van der Waals surface area contributed by atoms with Gasteiger partial charge < -0.3 is 11.1 Å². The van der Waals surface area contributed by atoms with Crippen molar-refractivity contribution < 1.29 is 21.6 Å². The summed E-state index contributed by atoms with van der Waals surface area (Å²) >= 11 is 0. The molecule has 5 nitrogen and oxygen atoms in total. The van der Waals surface area contributed by atoms with Crippen molar-refractivity contribution in [2.24, 2.45) is 11.7 Å². The molecule has 1 aliphatic carbocycles. The summed E-state index contributed by atoms with van der Waals surface area (Å²) < 4.78 is 66.5. The highest BCUT2D eigenvalue weighted by atomic mass is 32.2. The van der Waals surface area contributed by atoms with Gasteiger partial charge in [-0.2, -0.15) is 0 Å². The molecule has 0 aromatic heterocycles. The second-order valence-corrected chi connectivity index (χ2v) is 9.53. The summed E-state index contributed by atoms with van der Waals surface area (Å²) in [6, 6.07) is 0. The zero-order valence-corrected chi connectivity index (χ0v) is 14.1. The number of hydrogen-bond acceptors (Lipinski definition) is 4. The van der Waals surface area contributed by atoms with Crippen molar-refractivity contribution in [1.82, 2.24) is 5.32 Å². The number of allylic oxidation sites excluding steroid dienone is 3. The van der Waals surface area contributed by atoms with E-state index in [1.165, 1.54) is 20.8 Å². The molecule has 0 amide bonds. The maximum Gasteiger partial charge on any atom is 0.164 e. The second kappa shape index (κ2) is 4.75. The fourth-order valence-corrected chi connectivity index (χ4v) is 4.88. The summed E-state index contributed by atoms with van der Waals surface area (Å²) in [7, 11) is -3.90. The summed E-state index contributed by atoms with van der Waals surface area (Å²) in [6.07, 6.45) is 0.557. The van der Waals surface area contributed by atoms with E-state index >= 15 is 4.39 Å². The third-order valence-electron chi connectivity index (χ3n) is 4.79. The molecule has 130 valence electrons. The molecule has 0 spiro atoms. The Morgan fingerprint density at radius 2 is 1.83 bits per heavy atom. The minimum atomic E-state index is -3.90. The topological polar surface area (TPSA) is 96.0 Å². The normalized spacial score (nSPS) is 39.7. The molecule has 0 saturated carbocycles. The Labute approximate surface area is 133 Å². The van der Waals surface area contributed by atoms with Crippen LogP contribution in [0.4, 0.5) is 13.2 Å². The molecule has 1 heterocycles. The van der Waals surface area contributed by atoms with Crippen molar-refractivity contribution in [3.63, 3.8) is 0 Å². The number of halogens is 3. The summed E-state index contributed by atoms with van der Waals surface area (Å²) in [5, 5.41) is 10.5. The van der Waals surface area contributed by atoms with E-state index in [1.54, 1.807) is 0 Å². The predicted molar refractivity (Wildman–Crippen MR) is 81.6 cm³/mol. The van der Waals surface area contributed by atoms with E-state index in [1.807, 2.05) is 0 Å². The zero-order valence-electron chi connectivity index (χ0n) is 13.3. The molecule has 0 radical (unpaired) electrons. The van der Waals surface area contributed by atoms with Crippen LogP contribution < -0.4 is 11.1 Å². The van der Waals surface area contributed by atoms with Crippen LogP contribution in [0.5, 0.6) is 0 Å². The van der Waals surface area contributed by atoms with Gasteiger partial charge in [-0.05, 0) is 33.8 Å². The lowest BCUT2D eigenvalue weighted by Crippen LogP contribution is -2.70. The predicted octanol–water partition coefficient (Wildman–Crippen LogP) is 1.87. The first kappa shape index (κ1) is 17.8. The zero-order chi connectivity index (χ0) is 18.0. The largest absolute Gasteiger partial charge is 0.399 e. The van der Waals surface area contributed by atoms with E-state index in [2.05, 4.69) is 5.32 Å². The first-order valence-corrected chi connectivity index (χ1v) is 8.63. The Balaban J connectivity index is 2.61. The van der Waals surface area contributed by atoms with Gasteiger partial charge in [0, 0.05) is 5.70 Å². The van der Waals surface area contributed by atoms with E-state index in [-0.39, 0.29) is 0 Å². The van der Waals surface area contributed by atoms with Crippen molar-refractivity contribution in [2.45, 2.75) is 43.6 Å². The monoisotopic (exact) mass is 351 g/mol.